The normalized spacial score (nSPS) is 11.1. The maximum absolute atomic E-state index is 12.2. The second-order valence-electron chi connectivity index (χ2n) is 7.24. The Balaban J connectivity index is 1.63. The zero-order valence-electron chi connectivity index (χ0n) is 19.7. The summed E-state index contributed by atoms with van der Waals surface area (Å²) in [6, 6.07) is 14.1. The fourth-order valence-electron chi connectivity index (χ4n) is 3.08. The molecule has 0 unspecified atom stereocenters. The highest BCUT2D eigenvalue weighted by Crippen LogP contribution is 2.37. The molecule has 3 rings (SSSR count). The number of hydrogen-bond donors (Lipinski definition) is 1. The molecule has 3 aromatic rings. The highest BCUT2D eigenvalue weighted by atomic mass is 79.9. The van der Waals surface area contributed by atoms with E-state index in [4.69, 9.17) is 42.1 Å². The second-order valence-corrected chi connectivity index (χ2v) is 8.94. The Morgan fingerprint density at radius 3 is 2.36 bits per heavy atom. The number of nitrogens with one attached hydrogen (secondary N) is 1. The van der Waals surface area contributed by atoms with Gasteiger partial charge in [0.05, 0.1) is 32.0 Å². The molecule has 7 nitrogen and oxygen atoms in total. The van der Waals surface area contributed by atoms with Crippen molar-refractivity contribution in [3.63, 3.8) is 0 Å². The van der Waals surface area contributed by atoms with E-state index in [-0.39, 0.29) is 6.61 Å². The molecule has 10 heteroatoms. The molecule has 0 saturated heterocycles. The van der Waals surface area contributed by atoms with Crippen LogP contribution in [0.3, 0.4) is 0 Å². The topological polar surface area (TPSA) is 78.4 Å². The number of carbonyl (C=O) groups excluding carboxylic acids is 1. The van der Waals surface area contributed by atoms with Gasteiger partial charge in [-0.05, 0) is 69.5 Å². The number of methoxy groups -OCH3 is 3. The van der Waals surface area contributed by atoms with Crippen LogP contribution in [0.15, 0.2) is 64.2 Å². The summed E-state index contributed by atoms with van der Waals surface area (Å²) in [5, 5.41) is 5.07. The first kappa shape index (κ1) is 27.4. The van der Waals surface area contributed by atoms with Crippen molar-refractivity contribution in [3.8, 4) is 23.0 Å². The lowest BCUT2D eigenvalue weighted by atomic mass is 10.2. The van der Waals surface area contributed by atoms with E-state index in [2.05, 4.69) is 26.5 Å². The monoisotopic (exact) mass is 592 g/mol. The van der Waals surface area contributed by atoms with E-state index in [0.717, 1.165) is 11.1 Å². The van der Waals surface area contributed by atoms with Crippen LogP contribution in [-0.4, -0.2) is 33.5 Å². The van der Waals surface area contributed by atoms with Crippen LogP contribution < -0.4 is 24.4 Å². The number of benzene rings is 3. The molecular formula is C26H23BrCl2N2O5. The molecule has 188 valence electrons. The number of ether oxygens (including phenoxy) is 4. The van der Waals surface area contributed by atoms with Crippen molar-refractivity contribution in [2.24, 2.45) is 5.10 Å². The molecule has 0 aromatic heterocycles. The molecule has 0 fully saturated rings. The Labute approximate surface area is 227 Å². The van der Waals surface area contributed by atoms with Gasteiger partial charge in [-0.3, -0.25) is 4.79 Å². The highest BCUT2D eigenvalue weighted by Gasteiger charge is 2.13. The number of amides is 1. The van der Waals surface area contributed by atoms with E-state index in [9.17, 15) is 4.79 Å². The first-order valence-electron chi connectivity index (χ1n) is 10.5. The van der Waals surface area contributed by atoms with Crippen LogP contribution in [0.25, 0.3) is 6.08 Å². The van der Waals surface area contributed by atoms with Crippen LogP contribution in [0.2, 0.25) is 10.0 Å². The van der Waals surface area contributed by atoms with Crippen LogP contribution in [0.4, 0.5) is 0 Å². The molecule has 1 amide bonds. The van der Waals surface area contributed by atoms with Crippen LogP contribution in [0.5, 0.6) is 23.0 Å². The maximum Gasteiger partial charge on any atom is 0.264 e. The lowest BCUT2D eigenvalue weighted by Gasteiger charge is -2.14. The predicted molar refractivity (Wildman–Crippen MR) is 146 cm³/mol. The minimum Gasteiger partial charge on any atom is -0.493 e. The summed E-state index contributed by atoms with van der Waals surface area (Å²) in [6.45, 7) is 0.223. The van der Waals surface area contributed by atoms with Crippen LogP contribution >= 0.6 is 39.1 Å². The Bertz CT molecular complexity index is 1300. The van der Waals surface area contributed by atoms with E-state index in [1.165, 1.54) is 19.4 Å². The number of nitrogens with zero attached hydrogens (tertiary/aromatic N) is 1. The van der Waals surface area contributed by atoms with E-state index >= 15 is 0 Å². The fraction of sp³-hybridized carbons (Fsp3) is 0.154. The zero-order valence-corrected chi connectivity index (χ0v) is 22.8. The second kappa shape index (κ2) is 13.2. The fourth-order valence-corrected chi connectivity index (χ4v) is 4.12. The summed E-state index contributed by atoms with van der Waals surface area (Å²) in [7, 11) is 4.64. The molecule has 0 heterocycles. The molecule has 0 aliphatic carbocycles. The predicted octanol–water partition coefficient (Wildman–Crippen LogP) is 6.52. The molecule has 36 heavy (non-hydrogen) atoms. The SMILES string of the molecule is COc1ccc(/C=C/C(=O)N/N=C\c2cc(Br)c(OCc3ccc(Cl)cc3Cl)c(OC)c2)cc1OC. The average Bonchev–Trinajstić information content (AvgIpc) is 2.87. The molecule has 0 atom stereocenters. The molecule has 0 spiro atoms. The molecule has 0 aliphatic rings. The summed E-state index contributed by atoms with van der Waals surface area (Å²) in [5.74, 6) is 1.77. The van der Waals surface area contributed by atoms with E-state index < -0.39 is 5.91 Å². The van der Waals surface area contributed by atoms with Gasteiger partial charge in [0, 0.05) is 21.7 Å². The molecule has 3 aromatic carbocycles. The van der Waals surface area contributed by atoms with Gasteiger partial charge < -0.3 is 18.9 Å². The third kappa shape index (κ3) is 7.40. The van der Waals surface area contributed by atoms with Crippen molar-refractivity contribution in [1.29, 1.82) is 0 Å². The van der Waals surface area contributed by atoms with Crippen molar-refractivity contribution in [2.75, 3.05) is 21.3 Å². The largest absolute Gasteiger partial charge is 0.493 e. The Morgan fingerprint density at radius 1 is 0.944 bits per heavy atom. The molecule has 0 bridgehead atoms. The zero-order chi connectivity index (χ0) is 26.1. The minimum atomic E-state index is -0.396. The number of halogens is 3. The van der Waals surface area contributed by atoms with Gasteiger partial charge in [-0.1, -0.05) is 35.3 Å². The molecule has 0 radical (unpaired) electrons. The molecule has 0 aliphatic heterocycles. The quantitative estimate of drug-likeness (QED) is 0.164. The molecule has 1 N–H and O–H groups in total. The van der Waals surface area contributed by atoms with Crippen molar-refractivity contribution >= 4 is 57.3 Å². The van der Waals surface area contributed by atoms with Crippen molar-refractivity contribution < 1.29 is 23.7 Å². The third-order valence-electron chi connectivity index (χ3n) is 4.86. The van der Waals surface area contributed by atoms with Gasteiger partial charge >= 0.3 is 0 Å². The van der Waals surface area contributed by atoms with Gasteiger partial charge in [0.15, 0.2) is 23.0 Å². The maximum atomic E-state index is 12.2. The summed E-state index contributed by atoms with van der Waals surface area (Å²) >= 11 is 15.7. The first-order valence-corrected chi connectivity index (χ1v) is 12.1. The highest BCUT2D eigenvalue weighted by molar-refractivity contribution is 9.10. The molecule has 0 saturated carbocycles. The van der Waals surface area contributed by atoms with Crippen LogP contribution in [0.1, 0.15) is 16.7 Å². The number of carbonyl (C=O) groups is 1. The van der Waals surface area contributed by atoms with E-state index in [1.807, 2.05) is 6.07 Å². The van der Waals surface area contributed by atoms with E-state index in [0.29, 0.717) is 43.1 Å². The van der Waals surface area contributed by atoms with Gasteiger partial charge in [0.1, 0.15) is 6.61 Å². The van der Waals surface area contributed by atoms with Crippen LogP contribution in [0, 0.1) is 0 Å². The third-order valence-corrected chi connectivity index (χ3v) is 6.04. The first-order chi connectivity index (χ1) is 17.3. The Hall–Kier alpha value is -3.20. The molecular weight excluding hydrogens is 571 g/mol. The van der Waals surface area contributed by atoms with Gasteiger partial charge in [-0.25, -0.2) is 5.43 Å². The van der Waals surface area contributed by atoms with Gasteiger partial charge in [-0.2, -0.15) is 5.10 Å². The van der Waals surface area contributed by atoms with Gasteiger partial charge in [0.25, 0.3) is 5.91 Å². The number of rotatable bonds is 10. The smallest absolute Gasteiger partial charge is 0.264 e. The van der Waals surface area contributed by atoms with E-state index in [1.54, 1.807) is 62.8 Å². The standard InChI is InChI=1S/C26H23BrCl2N2O5/c1-33-22-8-4-16(11-23(22)34-2)5-9-25(32)31-30-14-17-10-20(27)26(24(12-17)35-3)36-15-18-6-7-19(28)13-21(18)29/h4-14H,15H2,1-3H3,(H,31,32)/b9-5+,30-14-. The van der Waals surface area contributed by atoms with Crippen molar-refractivity contribution in [3.05, 3.63) is 85.8 Å². The number of hydrogen-bond acceptors (Lipinski definition) is 6. The summed E-state index contributed by atoms with van der Waals surface area (Å²) in [4.78, 5) is 12.2. The summed E-state index contributed by atoms with van der Waals surface area (Å²) in [5.41, 5.74) is 4.69. The van der Waals surface area contributed by atoms with Gasteiger partial charge in [-0.15, -0.1) is 0 Å². The number of hydrazone groups is 1. The minimum absolute atomic E-state index is 0.223. The van der Waals surface area contributed by atoms with Crippen molar-refractivity contribution in [2.45, 2.75) is 6.61 Å². The van der Waals surface area contributed by atoms with Crippen LogP contribution in [-0.2, 0) is 11.4 Å². The van der Waals surface area contributed by atoms with Crippen molar-refractivity contribution in [1.82, 2.24) is 5.43 Å². The summed E-state index contributed by atoms with van der Waals surface area (Å²) < 4.78 is 22.5. The Kier molecular flexibility index (Phi) is 10.0. The van der Waals surface area contributed by atoms with Gasteiger partial charge in [0.2, 0.25) is 0 Å². The average molecular weight is 594 g/mol. The summed E-state index contributed by atoms with van der Waals surface area (Å²) in [6.07, 6.45) is 4.51. The lowest BCUT2D eigenvalue weighted by molar-refractivity contribution is -0.116. The Morgan fingerprint density at radius 2 is 1.67 bits per heavy atom. The lowest BCUT2D eigenvalue weighted by Crippen LogP contribution is -2.14.